The minimum atomic E-state index is -0.617. The van der Waals surface area contributed by atoms with Crippen molar-refractivity contribution >= 4 is 17.9 Å². The summed E-state index contributed by atoms with van der Waals surface area (Å²) in [6.45, 7) is 8.67. The lowest BCUT2D eigenvalue weighted by molar-refractivity contribution is -0.149. The normalized spacial score (nSPS) is 13.2. The van der Waals surface area contributed by atoms with Crippen molar-refractivity contribution in [2.24, 2.45) is 4.99 Å². The molecule has 0 aliphatic heterocycles. The molecule has 0 aliphatic carbocycles. The van der Waals surface area contributed by atoms with Crippen molar-refractivity contribution in [1.29, 1.82) is 0 Å². The predicted octanol–water partition coefficient (Wildman–Crippen LogP) is 3.87. The zero-order valence-electron chi connectivity index (χ0n) is 12.6. The number of aliphatic imine (C=N–C) groups is 1. The molecule has 0 aliphatic rings. The molecule has 1 aromatic carbocycles. The Bertz CT molecular complexity index is 547. The molecule has 108 valence electrons. The van der Waals surface area contributed by atoms with Gasteiger partial charge < -0.3 is 9.84 Å². The molecule has 0 unspecified atom stereocenters. The monoisotopic (exact) mass is 275 g/mol. The summed E-state index contributed by atoms with van der Waals surface area (Å²) in [5.41, 5.74) is 1.18. The predicted molar refractivity (Wildman–Crippen MR) is 80.5 cm³/mol. The molecular formula is C16H21NO3. The Labute approximate surface area is 119 Å². The summed E-state index contributed by atoms with van der Waals surface area (Å²) >= 11 is 0. The summed E-state index contributed by atoms with van der Waals surface area (Å²) in [5, 5.41) is 9.61. The molecule has 0 radical (unpaired) electrons. The first-order valence-electron chi connectivity index (χ1n) is 6.43. The summed E-state index contributed by atoms with van der Waals surface area (Å²) in [6.07, 6.45) is 1.34. The second-order valence-corrected chi connectivity index (χ2v) is 5.55. The maximum Gasteiger partial charge on any atom is 0.343 e. The minimum Gasteiger partial charge on any atom is -0.512 e. The van der Waals surface area contributed by atoms with Crippen LogP contribution in [0.1, 0.15) is 33.3 Å². The Morgan fingerprint density at radius 2 is 1.90 bits per heavy atom. The lowest BCUT2D eigenvalue weighted by atomic mass is 10.1. The quantitative estimate of drug-likeness (QED) is 0.394. The summed E-state index contributed by atoms with van der Waals surface area (Å²) < 4.78 is 5.23. The van der Waals surface area contributed by atoms with Crippen LogP contribution in [0.15, 0.2) is 40.6 Å². The van der Waals surface area contributed by atoms with Crippen LogP contribution < -0.4 is 0 Å². The second-order valence-electron chi connectivity index (χ2n) is 5.55. The van der Waals surface area contributed by atoms with Gasteiger partial charge in [0.1, 0.15) is 16.9 Å². The molecule has 1 rings (SSSR count). The molecule has 0 amide bonds. The van der Waals surface area contributed by atoms with Crippen LogP contribution >= 0.6 is 0 Å². The molecule has 4 heteroatoms. The van der Waals surface area contributed by atoms with E-state index < -0.39 is 11.6 Å². The van der Waals surface area contributed by atoms with Gasteiger partial charge in [-0.3, -0.25) is 4.99 Å². The summed E-state index contributed by atoms with van der Waals surface area (Å²) in [4.78, 5) is 16.2. The highest BCUT2D eigenvalue weighted by molar-refractivity contribution is 6.10. The van der Waals surface area contributed by atoms with Crippen molar-refractivity contribution < 1.29 is 14.6 Å². The molecule has 0 bridgehead atoms. The summed E-state index contributed by atoms with van der Waals surface area (Å²) in [6, 6.07) is 7.54. The van der Waals surface area contributed by atoms with Crippen LogP contribution in [-0.2, 0) is 9.53 Å². The van der Waals surface area contributed by atoms with Gasteiger partial charge in [0.05, 0.1) is 5.69 Å². The molecule has 0 spiro atoms. The number of allylic oxidation sites excluding steroid dienone is 1. The molecule has 0 atom stereocenters. The van der Waals surface area contributed by atoms with Gasteiger partial charge in [0.25, 0.3) is 0 Å². The Morgan fingerprint density at radius 1 is 1.30 bits per heavy atom. The molecule has 1 N–H and O–H groups in total. The molecule has 20 heavy (non-hydrogen) atoms. The van der Waals surface area contributed by atoms with Crippen molar-refractivity contribution in [3.8, 4) is 0 Å². The first kappa shape index (κ1) is 16.0. The van der Waals surface area contributed by atoms with Gasteiger partial charge in [0.2, 0.25) is 0 Å². The second kappa shape index (κ2) is 6.37. The number of aryl methyl sites for hydroxylation is 1. The number of para-hydroxylation sites is 1. The summed E-state index contributed by atoms with van der Waals surface area (Å²) in [5.74, 6) is -0.702. The third-order valence-electron chi connectivity index (χ3n) is 2.46. The molecule has 0 heterocycles. The number of hydrogen-bond donors (Lipinski definition) is 1. The zero-order valence-corrected chi connectivity index (χ0v) is 12.6. The van der Waals surface area contributed by atoms with E-state index in [1.807, 2.05) is 31.2 Å². The van der Waals surface area contributed by atoms with Crippen LogP contribution in [0.4, 0.5) is 5.69 Å². The number of aliphatic hydroxyl groups excluding tert-OH is 1. The first-order chi connectivity index (χ1) is 9.20. The fraction of sp³-hybridized carbons (Fsp3) is 0.375. The third kappa shape index (κ3) is 4.88. The lowest BCUT2D eigenvalue weighted by Gasteiger charge is -2.19. The largest absolute Gasteiger partial charge is 0.512 e. The topological polar surface area (TPSA) is 58.9 Å². The van der Waals surface area contributed by atoms with Gasteiger partial charge >= 0.3 is 5.97 Å². The van der Waals surface area contributed by atoms with E-state index in [0.29, 0.717) is 0 Å². The van der Waals surface area contributed by atoms with E-state index in [1.54, 1.807) is 20.8 Å². The highest BCUT2D eigenvalue weighted by atomic mass is 16.6. The van der Waals surface area contributed by atoms with Gasteiger partial charge in [-0.2, -0.15) is 0 Å². The SMILES string of the molecule is C/C(O)=C(\C=Nc1ccccc1C)C(=O)OC(C)(C)C. The standard InChI is InChI=1S/C16H21NO3/c1-11-8-6-7-9-14(11)17-10-13(12(2)18)15(19)20-16(3,4)5/h6-10,18H,1-5H3/b13-12-,17-10?. The van der Waals surface area contributed by atoms with Crippen molar-refractivity contribution in [3.05, 3.63) is 41.2 Å². The number of ether oxygens (including phenoxy) is 1. The van der Waals surface area contributed by atoms with Gasteiger partial charge in [-0.1, -0.05) is 18.2 Å². The molecule has 1 aromatic rings. The van der Waals surface area contributed by atoms with E-state index >= 15 is 0 Å². The number of carbonyl (C=O) groups excluding carboxylic acids is 1. The zero-order chi connectivity index (χ0) is 15.3. The van der Waals surface area contributed by atoms with Crippen LogP contribution in [0.3, 0.4) is 0 Å². The van der Waals surface area contributed by atoms with Gasteiger partial charge in [-0.15, -0.1) is 0 Å². The van der Waals surface area contributed by atoms with E-state index in [-0.39, 0.29) is 11.3 Å². The maximum absolute atomic E-state index is 12.0. The van der Waals surface area contributed by atoms with E-state index in [2.05, 4.69) is 4.99 Å². The number of esters is 1. The Kier molecular flexibility index (Phi) is 5.08. The van der Waals surface area contributed by atoms with Crippen LogP contribution in [-0.4, -0.2) is 22.9 Å². The average molecular weight is 275 g/mol. The first-order valence-corrected chi connectivity index (χ1v) is 6.43. The van der Waals surface area contributed by atoms with Crippen molar-refractivity contribution in [2.75, 3.05) is 0 Å². The molecule has 0 aromatic heterocycles. The van der Waals surface area contributed by atoms with Gasteiger partial charge in [0, 0.05) is 6.21 Å². The average Bonchev–Trinajstić information content (AvgIpc) is 2.28. The lowest BCUT2D eigenvalue weighted by Crippen LogP contribution is -2.25. The number of rotatable bonds is 3. The van der Waals surface area contributed by atoms with Crippen LogP contribution in [0.2, 0.25) is 0 Å². The van der Waals surface area contributed by atoms with E-state index in [1.165, 1.54) is 13.1 Å². The fourth-order valence-electron chi connectivity index (χ4n) is 1.47. The van der Waals surface area contributed by atoms with Crippen LogP contribution in [0, 0.1) is 6.92 Å². The van der Waals surface area contributed by atoms with E-state index in [0.717, 1.165) is 11.3 Å². The number of carbonyl (C=O) groups is 1. The smallest absolute Gasteiger partial charge is 0.343 e. The Morgan fingerprint density at radius 3 is 2.40 bits per heavy atom. The molecular weight excluding hydrogens is 254 g/mol. The van der Waals surface area contributed by atoms with E-state index in [9.17, 15) is 9.90 Å². The number of hydrogen-bond acceptors (Lipinski definition) is 4. The fourth-order valence-corrected chi connectivity index (χ4v) is 1.47. The number of nitrogens with zero attached hydrogens (tertiary/aromatic N) is 1. The third-order valence-corrected chi connectivity index (χ3v) is 2.46. The maximum atomic E-state index is 12.0. The van der Waals surface area contributed by atoms with Crippen LogP contribution in [0.25, 0.3) is 0 Å². The summed E-state index contributed by atoms with van der Waals surface area (Å²) in [7, 11) is 0. The minimum absolute atomic E-state index is 0.0585. The molecule has 0 saturated heterocycles. The van der Waals surface area contributed by atoms with Crippen molar-refractivity contribution in [3.63, 3.8) is 0 Å². The number of aliphatic hydroxyl groups is 1. The van der Waals surface area contributed by atoms with E-state index in [4.69, 9.17) is 4.74 Å². The molecule has 0 fully saturated rings. The highest BCUT2D eigenvalue weighted by Crippen LogP contribution is 2.18. The van der Waals surface area contributed by atoms with Gasteiger partial charge in [-0.25, -0.2) is 4.79 Å². The van der Waals surface area contributed by atoms with Crippen LogP contribution in [0.5, 0.6) is 0 Å². The Balaban J connectivity index is 2.99. The van der Waals surface area contributed by atoms with Crippen molar-refractivity contribution in [2.45, 2.75) is 40.2 Å². The Hall–Kier alpha value is -2.10. The highest BCUT2D eigenvalue weighted by Gasteiger charge is 2.20. The molecule has 4 nitrogen and oxygen atoms in total. The van der Waals surface area contributed by atoms with Crippen molar-refractivity contribution in [1.82, 2.24) is 0 Å². The van der Waals surface area contributed by atoms with Gasteiger partial charge in [0.15, 0.2) is 0 Å². The molecule has 0 saturated carbocycles. The van der Waals surface area contributed by atoms with Gasteiger partial charge in [-0.05, 0) is 46.2 Å². The number of benzene rings is 1.